The number of carbonyl (C=O) groups is 4. The van der Waals surface area contributed by atoms with Gasteiger partial charge in [-0.15, -0.1) is 5.10 Å². The molecule has 35 heavy (non-hydrogen) atoms. The molecule has 1 atom stereocenters. The number of amides is 4. The van der Waals surface area contributed by atoms with Gasteiger partial charge in [-0.2, -0.15) is 0 Å². The Morgan fingerprint density at radius 2 is 2.03 bits per heavy atom. The van der Waals surface area contributed by atoms with E-state index in [1.54, 1.807) is 18.2 Å². The average Bonchev–Trinajstić information content (AvgIpc) is 3.41. The van der Waals surface area contributed by atoms with Crippen LogP contribution in [0.3, 0.4) is 0 Å². The Bertz CT molecular complexity index is 1390. The molecule has 5 rings (SSSR count). The molecule has 3 heterocycles. The van der Waals surface area contributed by atoms with Gasteiger partial charge in [-0.05, 0) is 36.8 Å². The Morgan fingerprint density at radius 3 is 2.83 bits per heavy atom. The molecule has 12 heteroatoms. The molecule has 0 bridgehead atoms. The normalized spacial score (nSPS) is 17.3. The van der Waals surface area contributed by atoms with Crippen LogP contribution in [-0.4, -0.2) is 49.6 Å². The summed E-state index contributed by atoms with van der Waals surface area (Å²) in [5.74, 6) is -2.10. The lowest BCUT2D eigenvalue weighted by molar-refractivity contribution is -0.137. The highest BCUT2D eigenvalue weighted by Crippen LogP contribution is 2.32. The number of nitrogen functional groups attached to an aromatic ring is 1. The molecular weight excluding hydrogens is 457 g/mol. The van der Waals surface area contributed by atoms with Crippen LogP contribution in [0.1, 0.15) is 28.8 Å². The molecular formula is C23H20FN7O4. The van der Waals surface area contributed by atoms with Gasteiger partial charge in [0.05, 0.1) is 6.20 Å². The van der Waals surface area contributed by atoms with Gasteiger partial charge in [0.25, 0.3) is 5.91 Å². The van der Waals surface area contributed by atoms with E-state index >= 15 is 0 Å². The van der Waals surface area contributed by atoms with Crippen molar-refractivity contribution in [3.05, 3.63) is 59.5 Å². The lowest BCUT2D eigenvalue weighted by atomic mass is 10.0. The number of hydrogen-bond acceptors (Lipinski definition) is 7. The van der Waals surface area contributed by atoms with E-state index in [4.69, 9.17) is 5.73 Å². The zero-order chi connectivity index (χ0) is 24.7. The summed E-state index contributed by atoms with van der Waals surface area (Å²) in [4.78, 5) is 50.8. The Kier molecular flexibility index (Phi) is 5.47. The molecule has 0 saturated carbocycles. The van der Waals surface area contributed by atoms with Crippen molar-refractivity contribution in [2.24, 2.45) is 0 Å². The molecule has 1 fully saturated rings. The van der Waals surface area contributed by atoms with Gasteiger partial charge in [0.2, 0.25) is 17.7 Å². The number of imide groups is 1. The standard InChI is InChI=1S/C23H20FN7O4/c24-12-4-5-16(25)14(8-12)18-10-30(29-28-18)11-21(33)26-17-3-1-2-13-15(17)9-31(23(13)35)19-6-7-20(32)27-22(19)34/h1-5,8,10,19H,6-7,9,11,25H2,(H,26,33)(H,27,32,34). The van der Waals surface area contributed by atoms with Crippen LogP contribution in [0.4, 0.5) is 15.8 Å². The number of piperidine rings is 1. The molecule has 1 saturated heterocycles. The fourth-order valence-corrected chi connectivity index (χ4v) is 4.29. The first-order chi connectivity index (χ1) is 16.8. The third kappa shape index (κ3) is 4.21. The SMILES string of the molecule is Nc1ccc(F)cc1-c1cn(CC(=O)Nc2cccc3c2CN(C2CCC(=O)NC2=O)C3=O)nn1. The summed E-state index contributed by atoms with van der Waals surface area (Å²) in [6.45, 7) is -0.0556. The van der Waals surface area contributed by atoms with E-state index < -0.39 is 23.7 Å². The molecule has 1 unspecified atom stereocenters. The first kappa shape index (κ1) is 22.2. The summed E-state index contributed by atoms with van der Waals surface area (Å²) < 4.78 is 14.9. The number of anilines is 2. The number of benzene rings is 2. The van der Waals surface area contributed by atoms with Gasteiger partial charge < -0.3 is 16.0 Å². The highest BCUT2D eigenvalue weighted by Gasteiger charge is 2.39. The Hall–Kier alpha value is -4.61. The summed E-state index contributed by atoms with van der Waals surface area (Å²) in [5.41, 5.74) is 8.30. The number of halogens is 1. The van der Waals surface area contributed by atoms with Gasteiger partial charge in [0, 0.05) is 41.0 Å². The number of rotatable bonds is 5. The van der Waals surface area contributed by atoms with Crippen molar-refractivity contribution in [1.29, 1.82) is 0 Å². The molecule has 4 amide bonds. The van der Waals surface area contributed by atoms with Crippen LogP contribution in [0.15, 0.2) is 42.6 Å². The molecule has 0 radical (unpaired) electrons. The number of nitrogens with zero attached hydrogens (tertiary/aromatic N) is 4. The fourth-order valence-electron chi connectivity index (χ4n) is 4.29. The molecule has 1 aromatic heterocycles. The lowest BCUT2D eigenvalue weighted by Gasteiger charge is -2.29. The van der Waals surface area contributed by atoms with Crippen molar-refractivity contribution < 1.29 is 23.6 Å². The number of nitrogens with one attached hydrogen (secondary N) is 2. The van der Waals surface area contributed by atoms with Crippen LogP contribution in [0.25, 0.3) is 11.3 Å². The molecule has 3 aromatic rings. The van der Waals surface area contributed by atoms with Crippen molar-refractivity contribution in [2.75, 3.05) is 11.1 Å². The van der Waals surface area contributed by atoms with Crippen LogP contribution in [0.2, 0.25) is 0 Å². The van der Waals surface area contributed by atoms with Crippen LogP contribution in [0.5, 0.6) is 0 Å². The average molecular weight is 477 g/mol. The minimum atomic E-state index is -0.750. The number of hydrogen-bond donors (Lipinski definition) is 3. The van der Waals surface area contributed by atoms with Crippen LogP contribution in [0, 0.1) is 5.82 Å². The van der Waals surface area contributed by atoms with Gasteiger partial charge in [-0.3, -0.25) is 24.5 Å². The number of aromatic nitrogens is 3. The highest BCUT2D eigenvalue weighted by atomic mass is 19.1. The third-order valence-corrected chi connectivity index (χ3v) is 5.99. The van der Waals surface area contributed by atoms with Gasteiger partial charge in [0.1, 0.15) is 24.1 Å². The predicted molar refractivity (Wildman–Crippen MR) is 121 cm³/mol. The highest BCUT2D eigenvalue weighted by molar-refractivity contribution is 6.06. The zero-order valence-electron chi connectivity index (χ0n) is 18.3. The minimum absolute atomic E-state index is 0.128. The third-order valence-electron chi connectivity index (χ3n) is 5.99. The van der Waals surface area contributed by atoms with Crippen LogP contribution >= 0.6 is 0 Å². The van der Waals surface area contributed by atoms with Crippen LogP contribution < -0.4 is 16.4 Å². The van der Waals surface area contributed by atoms with Crippen molar-refractivity contribution >= 4 is 35.0 Å². The summed E-state index contributed by atoms with van der Waals surface area (Å²) in [5, 5.41) is 12.9. The first-order valence-electron chi connectivity index (χ1n) is 10.8. The molecule has 2 aliphatic rings. The summed E-state index contributed by atoms with van der Waals surface area (Å²) >= 11 is 0. The number of fused-ring (bicyclic) bond motifs is 1. The molecule has 0 aliphatic carbocycles. The van der Waals surface area contributed by atoms with E-state index in [2.05, 4.69) is 20.9 Å². The molecule has 178 valence electrons. The smallest absolute Gasteiger partial charge is 0.255 e. The van der Waals surface area contributed by atoms with Crippen molar-refractivity contribution in [3.8, 4) is 11.3 Å². The van der Waals surface area contributed by atoms with Gasteiger partial charge in [-0.1, -0.05) is 11.3 Å². The van der Waals surface area contributed by atoms with Crippen molar-refractivity contribution in [3.63, 3.8) is 0 Å². The lowest BCUT2D eigenvalue weighted by Crippen LogP contribution is -2.52. The topological polar surface area (TPSA) is 152 Å². The summed E-state index contributed by atoms with van der Waals surface area (Å²) in [6.07, 6.45) is 1.88. The Labute approximate surface area is 198 Å². The van der Waals surface area contributed by atoms with E-state index in [-0.39, 0.29) is 37.7 Å². The largest absolute Gasteiger partial charge is 0.398 e. The van der Waals surface area contributed by atoms with Crippen molar-refractivity contribution in [1.82, 2.24) is 25.2 Å². The summed E-state index contributed by atoms with van der Waals surface area (Å²) in [6, 6.07) is 8.08. The van der Waals surface area contributed by atoms with E-state index in [0.29, 0.717) is 33.8 Å². The van der Waals surface area contributed by atoms with Crippen LogP contribution in [-0.2, 0) is 27.5 Å². The van der Waals surface area contributed by atoms with E-state index in [9.17, 15) is 23.6 Å². The molecule has 2 aromatic carbocycles. The fraction of sp³-hybridized carbons (Fsp3) is 0.217. The first-order valence-corrected chi connectivity index (χ1v) is 10.8. The maximum absolute atomic E-state index is 13.6. The van der Waals surface area contributed by atoms with Gasteiger partial charge >= 0.3 is 0 Å². The van der Waals surface area contributed by atoms with Gasteiger partial charge in [-0.25, -0.2) is 9.07 Å². The quantitative estimate of drug-likeness (QED) is 0.367. The molecule has 11 nitrogen and oxygen atoms in total. The second-order valence-corrected chi connectivity index (χ2v) is 8.31. The second kappa shape index (κ2) is 8.63. The Morgan fingerprint density at radius 1 is 1.20 bits per heavy atom. The number of nitrogens with two attached hydrogens (primary N) is 1. The molecule has 4 N–H and O–H groups in total. The summed E-state index contributed by atoms with van der Waals surface area (Å²) in [7, 11) is 0. The number of carbonyl (C=O) groups excluding carboxylic acids is 4. The van der Waals surface area contributed by atoms with E-state index in [1.165, 1.54) is 34.0 Å². The Balaban J connectivity index is 1.30. The van der Waals surface area contributed by atoms with Gasteiger partial charge in [0.15, 0.2) is 0 Å². The maximum atomic E-state index is 13.6. The monoisotopic (exact) mass is 477 g/mol. The minimum Gasteiger partial charge on any atom is -0.398 e. The zero-order valence-corrected chi connectivity index (χ0v) is 18.3. The van der Waals surface area contributed by atoms with Crippen molar-refractivity contribution in [2.45, 2.75) is 32.0 Å². The predicted octanol–water partition coefficient (Wildman–Crippen LogP) is 1.07. The van der Waals surface area contributed by atoms with E-state index in [0.717, 1.165) is 0 Å². The maximum Gasteiger partial charge on any atom is 0.255 e. The second-order valence-electron chi connectivity index (χ2n) is 8.31. The molecule has 2 aliphatic heterocycles. The molecule has 0 spiro atoms. The van der Waals surface area contributed by atoms with E-state index in [1.807, 2.05) is 0 Å².